The molecule has 2 aromatic heterocycles. The Morgan fingerprint density at radius 2 is 1.23 bits per heavy atom. The molecule has 1 unspecified atom stereocenters. The van der Waals surface area contributed by atoms with Crippen molar-refractivity contribution in [1.82, 2.24) is 4.57 Å². The van der Waals surface area contributed by atoms with Gasteiger partial charge in [-0.3, -0.25) is 4.99 Å². The number of hydrogen-bond donors (Lipinski definition) is 0. The van der Waals surface area contributed by atoms with Gasteiger partial charge in [-0.15, -0.1) is 0 Å². The van der Waals surface area contributed by atoms with Crippen LogP contribution >= 0.6 is 0 Å². The van der Waals surface area contributed by atoms with E-state index in [1.807, 2.05) is 0 Å². The average Bonchev–Trinajstić information content (AvgIpc) is 3.78. The van der Waals surface area contributed by atoms with Gasteiger partial charge in [-0.2, -0.15) is 0 Å². The van der Waals surface area contributed by atoms with Gasteiger partial charge in [-0.25, -0.2) is 0 Å². The number of benzene rings is 8. The van der Waals surface area contributed by atoms with E-state index in [1.165, 1.54) is 71.2 Å². The monoisotopic (exact) mass is 770 g/mol. The first-order valence-electron chi connectivity index (χ1n) is 21.2. The molecule has 10 aromatic rings. The van der Waals surface area contributed by atoms with E-state index in [2.05, 4.69) is 200 Å². The predicted octanol–water partition coefficient (Wildman–Crippen LogP) is 15.3. The SMILES string of the molecule is C[C@H]1C(C2=CC=C(c3ccccc3)CC2)=CCC(c2cc(-n3c4ccccc4c4cc5ccccc5cc43)cc3oc4ccccc4c23)=NC1c1ccc2ccccc2c1. The van der Waals surface area contributed by atoms with Gasteiger partial charge in [0.2, 0.25) is 0 Å². The van der Waals surface area contributed by atoms with Crippen LogP contribution in [-0.4, -0.2) is 10.3 Å². The quantitative estimate of drug-likeness (QED) is 0.171. The van der Waals surface area contributed by atoms with Crippen molar-refractivity contribution in [2.24, 2.45) is 10.9 Å². The van der Waals surface area contributed by atoms with Crippen LogP contribution < -0.4 is 0 Å². The number of fused-ring (bicyclic) bond motifs is 8. The molecule has 60 heavy (non-hydrogen) atoms. The standard InChI is InChI=1S/C57H42N2O/c1-36-46(40-26-23-39(24-27-40)37-13-3-2-4-14-37)29-30-51(58-57(36)44-28-25-38-15-5-6-16-41(38)31-44)50-34-45(35-55-56(50)48-20-10-12-22-54(48)60-55)59-52-21-11-9-19-47(52)49-32-42-17-7-8-18-43(42)33-53(49)59/h2-23,25-26,28-29,31-36,57H,24,27,30H2,1H3/t36-,57?/m0/s1. The minimum atomic E-state index is -0.0877. The molecule has 3 nitrogen and oxygen atoms in total. The van der Waals surface area contributed by atoms with E-state index in [-0.39, 0.29) is 12.0 Å². The minimum Gasteiger partial charge on any atom is -0.456 e. The van der Waals surface area contributed by atoms with E-state index in [4.69, 9.17) is 9.41 Å². The normalized spacial score (nSPS) is 17.3. The van der Waals surface area contributed by atoms with Crippen molar-refractivity contribution < 1.29 is 4.42 Å². The summed E-state index contributed by atoms with van der Waals surface area (Å²) in [6, 6.07) is 61.6. The number of aliphatic imine (C=N–C) groups is 1. The van der Waals surface area contributed by atoms with Crippen LogP contribution in [0.3, 0.4) is 0 Å². The molecule has 0 fully saturated rings. The van der Waals surface area contributed by atoms with Gasteiger partial charge in [0, 0.05) is 51.2 Å². The van der Waals surface area contributed by atoms with Gasteiger partial charge in [0.25, 0.3) is 0 Å². The van der Waals surface area contributed by atoms with Crippen LogP contribution in [0.1, 0.15) is 48.9 Å². The summed E-state index contributed by atoms with van der Waals surface area (Å²) in [5.74, 6) is 0.159. The first kappa shape index (κ1) is 34.8. The van der Waals surface area contributed by atoms with Crippen LogP contribution in [0.2, 0.25) is 0 Å². The second-order valence-corrected chi connectivity index (χ2v) is 16.6. The summed E-state index contributed by atoms with van der Waals surface area (Å²) >= 11 is 0. The van der Waals surface area contributed by atoms with Crippen molar-refractivity contribution in [2.45, 2.75) is 32.2 Å². The summed E-state index contributed by atoms with van der Waals surface area (Å²) in [4.78, 5) is 5.91. The Hall–Kier alpha value is -7.23. The van der Waals surface area contributed by atoms with E-state index < -0.39 is 0 Å². The van der Waals surface area contributed by atoms with Crippen LogP contribution in [0.15, 0.2) is 209 Å². The fraction of sp³-hybridized carbons (Fsp3) is 0.105. The smallest absolute Gasteiger partial charge is 0.138 e. The highest BCUT2D eigenvalue weighted by atomic mass is 16.3. The van der Waals surface area contributed by atoms with Crippen molar-refractivity contribution in [1.29, 1.82) is 0 Å². The lowest BCUT2D eigenvalue weighted by Gasteiger charge is -2.26. The van der Waals surface area contributed by atoms with Gasteiger partial charge in [-0.05, 0) is 98.6 Å². The van der Waals surface area contributed by atoms with Crippen LogP contribution in [0, 0.1) is 5.92 Å². The summed E-state index contributed by atoms with van der Waals surface area (Å²) in [6.45, 7) is 2.39. The van der Waals surface area contributed by atoms with Crippen LogP contribution in [0.5, 0.6) is 0 Å². The van der Waals surface area contributed by atoms with Crippen molar-refractivity contribution in [3.8, 4) is 5.69 Å². The highest BCUT2D eigenvalue weighted by molar-refractivity contribution is 6.20. The predicted molar refractivity (Wildman–Crippen MR) is 252 cm³/mol. The van der Waals surface area contributed by atoms with Gasteiger partial charge in [0.15, 0.2) is 0 Å². The second kappa shape index (κ2) is 14.0. The number of nitrogens with zero attached hydrogens (tertiary/aromatic N) is 2. The summed E-state index contributed by atoms with van der Waals surface area (Å²) in [5.41, 5.74) is 14.1. The van der Waals surface area contributed by atoms with E-state index in [0.717, 1.165) is 51.7 Å². The zero-order valence-corrected chi connectivity index (χ0v) is 33.5. The highest BCUT2D eigenvalue weighted by Crippen LogP contribution is 2.44. The van der Waals surface area contributed by atoms with Gasteiger partial charge >= 0.3 is 0 Å². The molecular formula is C57H42N2O. The first-order chi connectivity index (χ1) is 29.6. The maximum absolute atomic E-state index is 6.79. The lowest BCUT2D eigenvalue weighted by Crippen LogP contribution is -2.13. The molecule has 2 atom stereocenters. The lowest BCUT2D eigenvalue weighted by molar-refractivity contribution is 0.546. The molecule has 3 heteroatoms. The molecule has 8 aromatic carbocycles. The number of aromatic nitrogens is 1. The molecule has 0 bridgehead atoms. The molecule has 286 valence electrons. The van der Waals surface area contributed by atoms with Crippen molar-refractivity contribution in [3.05, 3.63) is 216 Å². The van der Waals surface area contributed by atoms with Gasteiger partial charge in [0.05, 0.1) is 22.8 Å². The van der Waals surface area contributed by atoms with E-state index >= 15 is 0 Å². The second-order valence-electron chi connectivity index (χ2n) is 16.6. The lowest BCUT2D eigenvalue weighted by atomic mass is 9.80. The van der Waals surface area contributed by atoms with Gasteiger partial charge < -0.3 is 8.98 Å². The highest BCUT2D eigenvalue weighted by Gasteiger charge is 2.30. The Balaban J connectivity index is 1.09. The summed E-state index contributed by atoms with van der Waals surface area (Å²) < 4.78 is 9.22. The zero-order chi connectivity index (χ0) is 39.7. The third-order valence-electron chi connectivity index (χ3n) is 13.1. The topological polar surface area (TPSA) is 30.4 Å². The molecule has 0 amide bonds. The van der Waals surface area contributed by atoms with Crippen LogP contribution in [-0.2, 0) is 0 Å². The minimum absolute atomic E-state index is 0.0877. The molecule has 0 radical (unpaired) electrons. The Morgan fingerprint density at radius 3 is 2.05 bits per heavy atom. The maximum Gasteiger partial charge on any atom is 0.138 e. The van der Waals surface area contributed by atoms with Gasteiger partial charge in [-0.1, -0.05) is 153 Å². The van der Waals surface area contributed by atoms with Crippen molar-refractivity contribution in [2.75, 3.05) is 0 Å². The molecule has 3 heterocycles. The Labute approximate surface area is 348 Å². The average molecular weight is 771 g/mol. The Bertz CT molecular complexity index is 3480. The van der Waals surface area contributed by atoms with Crippen molar-refractivity contribution >= 4 is 76.6 Å². The number of rotatable bonds is 5. The molecule has 0 saturated heterocycles. The van der Waals surface area contributed by atoms with E-state index in [0.29, 0.717) is 6.42 Å². The summed E-state index contributed by atoms with van der Waals surface area (Å²) in [7, 11) is 0. The number of para-hydroxylation sites is 2. The molecule has 0 saturated carbocycles. The zero-order valence-electron chi connectivity index (χ0n) is 33.5. The van der Waals surface area contributed by atoms with E-state index in [9.17, 15) is 0 Å². The summed E-state index contributed by atoms with van der Waals surface area (Å²) in [6.07, 6.45) is 9.96. The molecule has 1 aliphatic carbocycles. The fourth-order valence-corrected chi connectivity index (χ4v) is 10.2. The molecular weight excluding hydrogens is 729 g/mol. The van der Waals surface area contributed by atoms with Crippen LogP contribution in [0.4, 0.5) is 0 Å². The number of furan rings is 1. The Kier molecular flexibility index (Phi) is 8.09. The largest absolute Gasteiger partial charge is 0.456 e. The maximum atomic E-state index is 6.79. The number of hydrogen-bond acceptors (Lipinski definition) is 2. The third kappa shape index (κ3) is 5.68. The first-order valence-corrected chi connectivity index (χ1v) is 21.2. The Morgan fingerprint density at radius 1 is 0.550 bits per heavy atom. The molecule has 0 N–H and O–H groups in total. The third-order valence-corrected chi connectivity index (χ3v) is 13.1. The van der Waals surface area contributed by atoms with Gasteiger partial charge in [0.1, 0.15) is 11.2 Å². The number of allylic oxidation sites excluding steroid dienone is 5. The molecule has 12 rings (SSSR count). The fourth-order valence-electron chi connectivity index (χ4n) is 10.2. The van der Waals surface area contributed by atoms with Crippen LogP contribution in [0.25, 0.3) is 76.5 Å². The van der Waals surface area contributed by atoms with E-state index in [1.54, 1.807) is 0 Å². The molecule has 1 aliphatic heterocycles. The summed E-state index contributed by atoms with van der Waals surface area (Å²) in [5, 5.41) is 9.66. The molecule has 0 spiro atoms. The van der Waals surface area contributed by atoms with Crippen molar-refractivity contribution in [3.63, 3.8) is 0 Å². The molecule has 2 aliphatic rings.